The first-order valence-electron chi connectivity index (χ1n) is 6.71. The van der Waals surface area contributed by atoms with Gasteiger partial charge in [-0.1, -0.05) is 25.1 Å². The molecule has 0 fully saturated rings. The maximum atomic E-state index is 11.1. The molecule has 1 unspecified atom stereocenters. The van der Waals surface area contributed by atoms with Gasteiger partial charge in [0.15, 0.2) is 0 Å². The molecular formula is C15H23NO3. The van der Waals surface area contributed by atoms with Crippen LogP contribution in [0.3, 0.4) is 0 Å². The largest absolute Gasteiger partial charge is 0.493 e. The summed E-state index contributed by atoms with van der Waals surface area (Å²) in [5, 5.41) is 12.1. The summed E-state index contributed by atoms with van der Waals surface area (Å²) >= 11 is 0. The van der Waals surface area contributed by atoms with Crippen molar-refractivity contribution in [1.82, 2.24) is 5.32 Å². The summed E-state index contributed by atoms with van der Waals surface area (Å²) in [5.41, 5.74) is 2.15. The third-order valence-corrected chi connectivity index (χ3v) is 3.00. The van der Waals surface area contributed by atoms with Gasteiger partial charge in [-0.25, -0.2) is 0 Å². The smallest absolute Gasteiger partial charge is 0.320 e. The van der Waals surface area contributed by atoms with E-state index in [-0.39, 0.29) is 0 Å². The van der Waals surface area contributed by atoms with Crippen LogP contribution in [0.4, 0.5) is 0 Å². The second kappa shape index (κ2) is 7.79. The van der Waals surface area contributed by atoms with Crippen LogP contribution >= 0.6 is 0 Å². The van der Waals surface area contributed by atoms with E-state index in [9.17, 15) is 4.79 Å². The first kappa shape index (κ1) is 15.5. The highest BCUT2D eigenvalue weighted by molar-refractivity contribution is 5.73. The van der Waals surface area contributed by atoms with Crippen molar-refractivity contribution in [2.45, 2.75) is 39.7 Å². The molecule has 0 radical (unpaired) electrons. The average Bonchev–Trinajstić information content (AvgIpc) is 2.36. The van der Waals surface area contributed by atoms with Gasteiger partial charge in [0.25, 0.3) is 0 Å². The molecule has 0 spiro atoms. The Labute approximate surface area is 114 Å². The zero-order chi connectivity index (χ0) is 14.3. The molecule has 2 N–H and O–H groups in total. The van der Waals surface area contributed by atoms with E-state index < -0.39 is 12.0 Å². The lowest BCUT2D eigenvalue weighted by atomic mass is 10.1. The molecule has 0 aliphatic heterocycles. The minimum Gasteiger partial charge on any atom is -0.493 e. The van der Waals surface area contributed by atoms with Gasteiger partial charge in [0.2, 0.25) is 0 Å². The summed E-state index contributed by atoms with van der Waals surface area (Å²) in [6, 6.07) is 5.43. The average molecular weight is 265 g/mol. The number of hydrogen-bond acceptors (Lipinski definition) is 3. The summed E-state index contributed by atoms with van der Waals surface area (Å²) in [5.74, 6) is 0.0423. The number of para-hydroxylation sites is 1. The van der Waals surface area contributed by atoms with Crippen molar-refractivity contribution < 1.29 is 14.6 Å². The van der Waals surface area contributed by atoms with Gasteiger partial charge in [-0.15, -0.1) is 0 Å². The van der Waals surface area contributed by atoms with Crippen molar-refractivity contribution >= 4 is 5.97 Å². The SMILES string of the molecule is CCCNC(CCOc1c(C)cccc1C)C(=O)O. The lowest BCUT2D eigenvalue weighted by Gasteiger charge is -2.16. The number of benzene rings is 1. The van der Waals surface area contributed by atoms with E-state index in [1.54, 1.807) is 0 Å². The van der Waals surface area contributed by atoms with Crippen LogP contribution in [-0.4, -0.2) is 30.3 Å². The number of carboxylic acid groups (broad SMARTS) is 1. The molecule has 0 aliphatic rings. The Morgan fingerprint density at radius 1 is 1.37 bits per heavy atom. The number of carbonyl (C=O) groups is 1. The van der Waals surface area contributed by atoms with Crippen molar-refractivity contribution in [3.63, 3.8) is 0 Å². The van der Waals surface area contributed by atoms with Gasteiger partial charge in [0.1, 0.15) is 11.8 Å². The quantitative estimate of drug-likeness (QED) is 0.758. The van der Waals surface area contributed by atoms with Crippen molar-refractivity contribution in [3.8, 4) is 5.75 Å². The molecule has 0 aromatic heterocycles. The zero-order valence-electron chi connectivity index (χ0n) is 11.9. The molecule has 106 valence electrons. The number of nitrogens with one attached hydrogen (secondary N) is 1. The van der Waals surface area contributed by atoms with Crippen molar-refractivity contribution in [3.05, 3.63) is 29.3 Å². The van der Waals surface area contributed by atoms with E-state index in [4.69, 9.17) is 9.84 Å². The molecule has 0 heterocycles. The molecular weight excluding hydrogens is 242 g/mol. The lowest BCUT2D eigenvalue weighted by molar-refractivity contribution is -0.139. The number of ether oxygens (including phenoxy) is 1. The van der Waals surface area contributed by atoms with Gasteiger partial charge in [-0.05, 0) is 37.9 Å². The van der Waals surface area contributed by atoms with Crippen LogP contribution in [0.5, 0.6) is 5.75 Å². The Morgan fingerprint density at radius 3 is 2.53 bits per heavy atom. The first-order valence-corrected chi connectivity index (χ1v) is 6.71. The molecule has 1 atom stereocenters. The minimum atomic E-state index is -0.821. The summed E-state index contributed by atoms with van der Waals surface area (Å²) in [6.45, 7) is 7.11. The zero-order valence-corrected chi connectivity index (χ0v) is 11.9. The molecule has 0 saturated heterocycles. The van der Waals surface area contributed by atoms with Crippen LogP contribution in [0.25, 0.3) is 0 Å². The van der Waals surface area contributed by atoms with Crippen LogP contribution in [0.2, 0.25) is 0 Å². The Bertz CT molecular complexity index is 398. The highest BCUT2D eigenvalue weighted by Crippen LogP contribution is 2.22. The Morgan fingerprint density at radius 2 is 2.00 bits per heavy atom. The van der Waals surface area contributed by atoms with E-state index >= 15 is 0 Å². The van der Waals surface area contributed by atoms with Crippen LogP contribution in [-0.2, 0) is 4.79 Å². The fourth-order valence-corrected chi connectivity index (χ4v) is 1.94. The second-order valence-corrected chi connectivity index (χ2v) is 4.70. The van der Waals surface area contributed by atoms with E-state index in [0.717, 1.165) is 23.3 Å². The second-order valence-electron chi connectivity index (χ2n) is 4.70. The molecule has 19 heavy (non-hydrogen) atoms. The normalized spacial score (nSPS) is 12.2. The lowest BCUT2D eigenvalue weighted by Crippen LogP contribution is -2.38. The molecule has 1 aromatic carbocycles. The first-order chi connectivity index (χ1) is 9.06. The van der Waals surface area contributed by atoms with Gasteiger partial charge in [0, 0.05) is 6.42 Å². The van der Waals surface area contributed by atoms with Gasteiger partial charge in [0.05, 0.1) is 6.61 Å². The third-order valence-electron chi connectivity index (χ3n) is 3.00. The molecule has 0 aliphatic carbocycles. The third kappa shape index (κ3) is 4.91. The van der Waals surface area contributed by atoms with E-state index in [1.165, 1.54) is 0 Å². The molecule has 0 saturated carbocycles. The number of aryl methyl sites for hydroxylation is 2. The summed E-state index contributed by atoms with van der Waals surface area (Å²) < 4.78 is 5.72. The topological polar surface area (TPSA) is 58.6 Å². The summed E-state index contributed by atoms with van der Waals surface area (Å²) in [7, 11) is 0. The molecule has 1 rings (SSSR count). The van der Waals surface area contributed by atoms with E-state index in [1.807, 2.05) is 39.0 Å². The van der Waals surface area contributed by atoms with Crippen molar-refractivity contribution in [1.29, 1.82) is 0 Å². The fraction of sp³-hybridized carbons (Fsp3) is 0.533. The minimum absolute atomic E-state index is 0.402. The van der Waals surface area contributed by atoms with Crippen LogP contribution in [0.15, 0.2) is 18.2 Å². The number of aliphatic carboxylic acids is 1. The molecule has 4 heteroatoms. The molecule has 4 nitrogen and oxygen atoms in total. The number of carboxylic acids is 1. The van der Waals surface area contributed by atoms with Crippen molar-refractivity contribution in [2.75, 3.05) is 13.2 Å². The predicted molar refractivity (Wildman–Crippen MR) is 75.7 cm³/mol. The summed E-state index contributed by atoms with van der Waals surface area (Å²) in [6.07, 6.45) is 1.38. The van der Waals surface area contributed by atoms with Crippen LogP contribution < -0.4 is 10.1 Å². The van der Waals surface area contributed by atoms with Gasteiger partial charge >= 0.3 is 5.97 Å². The fourth-order valence-electron chi connectivity index (χ4n) is 1.94. The predicted octanol–water partition coefficient (Wildman–Crippen LogP) is 2.53. The van der Waals surface area contributed by atoms with Gasteiger partial charge in [-0.2, -0.15) is 0 Å². The van der Waals surface area contributed by atoms with Crippen LogP contribution in [0.1, 0.15) is 30.9 Å². The van der Waals surface area contributed by atoms with Gasteiger partial charge in [-0.3, -0.25) is 4.79 Å². The molecule has 0 bridgehead atoms. The highest BCUT2D eigenvalue weighted by atomic mass is 16.5. The Hall–Kier alpha value is -1.55. The Balaban J connectivity index is 2.50. The molecule has 1 aromatic rings. The molecule has 0 amide bonds. The van der Waals surface area contributed by atoms with E-state index in [0.29, 0.717) is 19.6 Å². The van der Waals surface area contributed by atoms with Gasteiger partial charge < -0.3 is 15.2 Å². The number of rotatable bonds is 8. The van der Waals surface area contributed by atoms with E-state index in [2.05, 4.69) is 5.32 Å². The monoisotopic (exact) mass is 265 g/mol. The van der Waals surface area contributed by atoms with Crippen LogP contribution in [0, 0.1) is 13.8 Å². The van der Waals surface area contributed by atoms with Crippen molar-refractivity contribution in [2.24, 2.45) is 0 Å². The standard InChI is InChI=1S/C15H23NO3/c1-4-9-16-13(15(17)18)8-10-19-14-11(2)6-5-7-12(14)3/h5-7,13,16H,4,8-10H2,1-3H3,(H,17,18). The maximum Gasteiger partial charge on any atom is 0.320 e. The maximum absolute atomic E-state index is 11.1. The highest BCUT2D eigenvalue weighted by Gasteiger charge is 2.16. The Kier molecular flexibility index (Phi) is 6.36. The summed E-state index contributed by atoms with van der Waals surface area (Å²) in [4.78, 5) is 11.1. The number of hydrogen-bond donors (Lipinski definition) is 2.